The fourth-order valence-electron chi connectivity index (χ4n) is 2.95. The first-order chi connectivity index (χ1) is 14.6. The molecule has 2 amide bonds. The van der Waals surface area contributed by atoms with Crippen LogP contribution in [0.4, 0.5) is 0 Å². The van der Waals surface area contributed by atoms with Gasteiger partial charge in [0.2, 0.25) is 5.91 Å². The molecule has 0 unspecified atom stereocenters. The van der Waals surface area contributed by atoms with Gasteiger partial charge >= 0.3 is 0 Å². The number of halogens is 2. The van der Waals surface area contributed by atoms with Crippen molar-refractivity contribution in [2.75, 3.05) is 13.2 Å². The molecule has 1 atom stereocenters. The number of nitrogens with zero attached hydrogens (tertiary/aromatic N) is 1. The normalized spacial score (nSPS) is 11.9. The van der Waals surface area contributed by atoms with E-state index in [2.05, 4.69) is 5.32 Å². The number of rotatable bonds is 9. The van der Waals surface area contributed by atoms with Gasteiger partial charge in [0.15, 0.2) is 6.61 Å². The van der Waals surface area contributed by atoms with E-state index in [0.29, 0.717) is 28.3 Å². The number of hydrogen-bond acceptors (Lipinski definition) is 3. The number of carbonyl (C=O) groups excluding carboxylic acids is 2. The standard InChI is InChI=1S/C24H30Cl2N2O3/c1-15(2)12-27-24(30)18(5)28(13-19-8-9-20(25)21(26)11-19)23(29)14-31-22-10-16(3)6-7-17(22)4/h6-11,15,18H,12-14H2,1-5H3,(H,27,30)/t18-/m1/s1. The number of nitrogens with one attached hydrogen (secondary N) is 1. The van der Waals surface area contributed by atoms with Crippen LogP contribution < -0.4 is 10.1 Å². The van der Waals surface area contributed by atoms with Crippen LogP contribution in [0.25, 0.3) is 0 Å². The number of ether oxygens (including phenoxy) is 1. The van der Waals surface area contributed by atoms with Crippen molar-refractivity contribution in [3.8, 4) is 5.75 Å². The lowest BCUT2D eigenvalue weighted by Crippen LogP contribution is -2.49. The van der Waals surface area contributed by atoms with Gasteiger partial charge in [-0.15, -0.1) is 0 Å². The smallest absolute Gasteiger partial charge is 0.261 e. The Labute approximate surface area is 194 Å². The molecule has 0 aromatic heterocycles. The molecule has 0 bridgehead atoms. The van der Waals surface area contributed by atoms with E-state index in [-0.39, 0.29) is 25.0 Å². The van der Waals surface area contributed by atoms with Crippen LogP contribution in [0.15, 0.2) is 36.4 Å². The Bertz CT molecular complexity index is 931. The Morgan fingerprint density at radius 1 is 1.03 bits per heavy atom. The molecule has 0 radical (unpaired) electrons. The Hall–Kier alpha value is -2.24. The highest BCUT2D eigenvalue weighted by Gasteiger charge is 2.27. The quantitative estimate of drug-likeness (QED) is 0.555. The molecular weight excluding hydrogens is 435 g/mol. The number of aryl methyl sites for hydroxylation is 2. The Morgan fingerprint density at radius 2 is 1.74 bits per heavy atom. The van der Waals surface area contributed by atoms with E-state index in [0.717, 1.165) is 16.7 Å². The third kappa shape index (κ3) is 7.44. The van der Waals surface area contributed by atoms with E-state index in [9.17, 15) is 9.59 Å². The summed E-state index contributed by atoms with van der Waals surface area (Å²) < 4.78 is 5.80. The number of amides is 2. The van der Waals surface area contributed by atoms with Gasteiger partial charge in [0.1, 0.15) is 11.8 Å². The van der Waals surface area contributed by atoms with Gasteiger partial charge in [-0.05, 0) is 61.6 Å². The molecule has 2 aromatic rings. The lowest BCUT2D eigenvalue weighted by atomic mass is 10.1. The van der Waals surface area contributed by atoms with E-state index in [4.69, 9.17) is 27.9 Å². The number of carbonyl (C=O) groups is 2. The zero-order chi connectivity index (χ0) is 23.1. The third-order valence-corrected chi connectivity index (χ3v) is 5.62. The van der Waals surface area contributed by atoms with Crippen molar-refractivity contribution in [3.63, 3.8) is 0 Å². The van der Waals surface area contributed by atoms with Crippen LogP contribution >= 0.6 is 23.2 Å². The van der Waals surface area contributed by atoms with Crippen molar-refractivity contribution in [3.05, 3.63) is 63.1 Å². The first kappa shape index (κ1) is 25.0. The molecule has 0 heterocycles. The van der Waals surface area contributed by atoms with Gasteiger partial charge in [0.05, 0.1) is 10.0 Å². The molecule has 0 fully saturated rings. The molecular formula is C24H30Cl2N2O3. The van der Waals surface area contributed by atoms with Gasteiger partial charge in [-0.25, -0.2) is 0 Å². The highest BCUT2D eigenvalue weighted by Crippen LogP contribution is 2.24. The molecule has 2 rings (SSSR count). The SMILES string of the molecule is Cc1ccc(C)c(OCC(=O)N(Cc2ccc(Cl)c(Cl)c2)[C@H](C)C(=O)NCC(C)C)c1. The van der Waals surface area contributed by atoms with Crippen LogP contribution in [0, 0.1) is 19.8 Å². The van der Waals surface area contributed by atoms with Crippen molar-refractivity contribution >= 4 is 35.0 Å². The van der Waals surface area contributed by atoms with Gasteiger partial charge in [-0.2, -0.15) is 0 Å². The lowest BCUT2D eigenvalue weighted by molar-refractivity contribution is -0.142. The van der Waals surface area contributed by atoms with Crippen molar-refractivity contribution in [1.29, 1.82) is 0 Å². The predicted octanol–water partition coefficient (Wildman–Crippen LogP) is 5.18. The van der Waals surface area contributed by atoms with E-state index in [1.165, 1.54) is 4.90 Å². The van der Waals surface area contributed by atoms with Crippen LogP contribution in [-0.4, -0.2) is 35.9 Å². The van der Waals surface area contributed by atoms with Gasteiger partial charge in [-0.1, -0.05) is 55.2 Å². The maximum atomic E-state index is 13.1. The maximum absolute atomic E-state index is 13.1. The highest BCUT2D eigenvalue weighted by molar-refractivity contribution is 6.42. The summed E-state index contributed by atoms with van der Waals surface area (Å²) in [5.41, 5.74) is 2.76. The molecule has 0 saturated carbocycles. The fourth-order valence-corrected chi connectivity index (χ4v) is 3.28. The van der Waals surface area contributed by atoms with Crippen LogP contribution in [0.2, 0.25) is 10.0 Å². The van der Waals surface area contributed by atoms with E-state index >= 15 is 0 Å². The Balaban J connectivity index is 2.20. The molecule has 5 nitrogen and oxygen atoms in total. The van der Waals surface area contributed by atoms with Crippen molar-refractivity contribution in [1.82, 2.24) is 10.2 Å². The maximum Gasteiger partial charge on any atom is 0.261 e. The number of hydrogen-bond donors (Lipinski definition) is 1. The minimum absolute atomic E-state index is 0.173. The Kier molecular flexibility index (Phi) is 9.20. The summed E-state index contributed by atoms with van der Waals surface area (Å²) in [5.74, 6) is 0.454. The largest absolute Gasteiger partial charge is 0.483 e. The first-order valence-electron chi connectivity index (χ1n) is 10.3. The molecule has 1 N–H and O–H groups in total. The van der Waals surface area contributed by atoms with Gasteiger partial charge < -0.3 is 15.0 Å². The van der Waals surface area contributed by atoms with Crippen molar-refractivity contribution in [2.24, 2.45) is 5.92 Å². The second-order valence-corrected chi connectivity index (χ2v) is 8.96. The molecule has 0 saturated heterocycles. The topological polar surface area (TPSA) is 58.6 Å². The third-order valence-electron chi connectivity index (χ3n) is 4.88. The van der Waals surface area contributed by atoms with E-state index in [1.807, 2.05) is 45.9 Å². The second kappa shape index (κ2) is 11.4. The summed E-state index contributed by atoms with van der Waals surface area (Å²) in [4.78, 5) is 27.3. The minimum Gasteiger partial charge on any atom is -0.483 e. The zero-order valence-electron chi connectivity index (χ0n) is 18.7. The molecule has 0 aliphatic heterocycles. The lowest BCUT2D eigenvalue weighted by Gasteiger charge is -2.29. The molecule has 0 aliphatic rings. The molecule has 0 aliphatic carbocycles. The van der Waals surface area contributed by atoms with Crippen LogP contribution in [-0.2, 0) is 16.1 Å². The summed E-state index contributed by atoms with van der Waals surface area (Å²) in [6.45, 7) is 10.2. The number of benzene rings is 2. The highest BCUT2D eigenvalue weighted by atomic mass is 35.5. The average molecular weight is 465 g/mol. The van der Waals surface area contributed by atoms with Gasteiger partial charge in [-0.3, -0.25) is 9.59 Å². The molecule has 2 aromatic carbocycles. The fraction of sp³-hybridized carbons (Fsp3) is 0.417. The summed E-state index contributed by atoms with van der Waals surface area (Å²) in [6.07, 6.45) is 0. The van der Waals surface area contributed by atoms with Crippen LogP contribution in [0.1, 0.15) is 37.5 Å². The van der Waals surface area contributed by atoms with Crippen LogP contribution in [0.5, 0.6) is 5.75 Å². The summed E-state index contributed by atoms with van der Waals surface area (Å²) in [7, 11) is 0. The predicted molar refractivity (Wildman–Crippen MR) is 126 cm³/mol. The van der Waals surface area contributed by atoms with Crippen molar-refractivity contribution in [2.45, 2.75) is 47.2 Å². The summed E-state index contributed by atoms with van der Waals surface area (Å²) >= 11 is 12.1. The first-order valence-corrected chi connectivity index (χ1v) is 11.0. The average Bonchev–Trinajstić information content (AvgIpc) is 2.72. The van der Waals surface area contributed by atoms with Crippen LogP contribution in [0.3, 0.4) is 0 Å². The molecule has 168 valence electrons. The van der Waals surface area contributed by atoms with Gasteiger partial charge in [0, 0.05) is 13.1 Å². The minimum atomic E-state index is -0.678. The Morgan fingerprint density at radius 3 is 2.39 bits per heavy atom. The van der Waals surface area contributed by atoms with E-state index in [1.54, 1.807) is 25.1 Å². The second-order valence-electron chi connectivity index (χ2n) is 8.14. The molecule has 0 spiro atoms. The van der Waals surface area contributed by atoms with E-state index < -0.39 is 6.04 Å². The summed E-state index contributed by atoms with van der Waals surface area (Å²) in [6, 6.07) is 10.3. The summed E-state index contributed by atoms with van der Waals surface area (Å²) in [5, 5.41) is 3.73. The molecule has 7 heteroatoms. The zero-order valence-corrected chi connectivity index (χ0v) is 20.2. The van der Waals surface area contributed by atoms with Crippen molar-refractivity contribution < 1.29 is 14.3 Å². The molecule has 31 heavy (non-hydrogen) atoms. The van der Waals surface area contributed by atoms with Gasteiger partial charge in [0.25, 0.3) is 5.91 Å². The monoisotopic (exact) mass is 464 g/mol.